The predicted octanol–water partition coefficient (Wildman–Crippen LogP) is 3.52. The molecule has 0 aliphatic heterocycles. The summed E-state index contributed by atoms with van der Waals surface area (Å²) in [6.07, 6.45) is -4.59. The largest absolute Gasteiger partial charge is 0.416 e. The van der Waals surface area contributed by atoms with Gasteiger partial charge in [-0.25, -0.2) is 0 Å². The van der Waals surface area contributed by atoms with Crippen LogP contribution in [0.15, 0.2) is 52.9 Å². The fourth-order valence-corrected chi connectivity index (χ4v) is 2.14. The van der Waals surface area contributed by atoms with Gasteiger partial charge in [0, 0.05) is 5.56 Å². The highest BCUT2D eigenvalue weighted by atomic mass is 19.4. The van der Waals surface area contributed by atoms with E-state index in [0.29, 0.717) is 11.6 Å². The summed E-state index contributed by atoms with van der Waals surface area (Å²) in [4.78, 5) is 11.5. The molecule has 2 aromatic carbocycles. The standard InChI is InChI=1S/C16H10F3N3O2/c17-16(18,19)10-6-7-11(12(8-10)13(20)23)15-22-21-14(24-15)9-4-2-1-3-5-9/h1-8H,(H2,20,23). The van der Waals surface area contributed by atoms with E-state index < -0.39 is 17.6 Å². The van der Waals surface area contributed by atoms with Crippen molar-refractivity contribution in [2.75, 3.05) is 0 Å². The van der Waals surface area contributed by atoms with Gasteiger partial charge in [-0.05, 0) is 30.3 Å². The van der Waals surface area contributed by atoms with Gasteiger partial charge in [-0.2, -0.15) is 13.2 Å². The SMILES string of the molecule is NC(=O)c1cc(C(F)(F)F)ccc1-c1nnc(-c2ccccc2)o1. The van der Waals surface area contributed by atoms with Crippen LogP contribution in [-0.2, 0) is 6.18 Å². The lowest BCUT2D eigenvalue weighted by Gasteiger charge is -2.09. The van der Waals surface area contributed by atoms with Crippen LogP contribution in [-0.4, -0.2) is 16.1 Å². The summed E-state index contributed by atoms with van der Waals surface area (Å²) < 4.78 is 43.8. The average Bonchev–Trinajstić information content (AvgIpc) is 3.04. The van der Waals surface area contributed by atoms with Gasteiger partial charge in [-0.1, -0.05) is 18.2 Å². The fraction of sp³-hybridized carbons (Fsp3) is 0.0625. The van der Waals surface area contributed by atoms with Crippen LogP contribution in [0, 0.1) is 0 Å². The van der Waals surface area contributed by atoms with Crippen LogP contribution in [0.1, 0.15) is 15.9 Å². The molecule has 3 rings (SSSR count). The summed E-state index contributed by atoms with van der Waals surface area (Å²) in [6, 6.07) is 11.4. The molecule has 2 N–H and O–H groups in total. The maximum atomic E-state index is 12.8. The minimum absolute atomic E-state index is 0.0465. The smallest absolute Gasteiger partial charge is 0.416 e. The molecule has 0 bridgehead atoms. The van der Waals surface area contributed by atoms with Crippen LogP contribution >= 0.6 is 0 Å². The van der Waals surface area contributed by atoms with Crippen LogP contribution in [0.3, 0.4) is 0 Å². The minimum Gasteiger partial charge on any atom is -0.416 e. The molecule has 8 heteroatoms. The van der Waals surface area contributed by atoms with E-state index in [9.17, 15) is 18.0 Å². The Morgan fingerprint density at radius 2 is 1.67 bits per heavy atom. The Morgan fingerprint density at radius 1 is 1.00 bits per heavy atom. The van der Waals surface area contributed by atoms with E-state index in [4.69, 9.17) is 10.2 Å². The Hall–Kier alpha value is -3.16. The number of aromatic nitrogens is 2. The molecule has 1 amide bonds. The zero-order chi connectivity index (χ0) is 17.3. The number of hydrogen-bond donors (Lipinski definition) is 1. The number of halogens is 3. The lowest BCUT2D eigenvalue weighted by Crippen LogP contribution is -2.15. The Kier molecular flexibility index (Phi) is 3.80. The topological polar surface area (TPSA) is 82.0 Å². The Balaban J connectivity index is 2.07. The summed E-state index contributed by atoms with van der Waals surface area (Å²) in [5.74, 6) is -0.923. The lowest BCUT2D eigenvalue weighted by molar-refractivity contribution is -0.137. The molecule has 0 unspecified atom stereocenters. The highest BCUT2D eigenvalue weighted by Crippen LogP contribution is 2.33. The van der Waals surface area contributed by atoms with Crippen LogP contribution in [0.2, 0.25) is 0 Å². The van der Waals surface area contributed by atoms with Crippen LogP contribution in [0.4, 0.5) is 13.2 Å². The molecule has 0 spiro atoms. The third kappa shape index (κ3) is 2.98. The second kappa shape index (κ2) is 5.80. The van der Waals surface area contributed by atoms with E-state index >= 15 is 0 Å². The molecule has 0 fully saturated rings. The van der Waals surface area contributed by atoms with Gasteiger partial charge in [-0.3, -0.25) is 4.79 Å². The molecular weight excluding hydrogens is 323 g/mol. The second-order valence-corrected chi connectivity index (χ2v) is 4.90. The van der Waals surface area contributed by atoms with Crippen molar-refractivity contribution >= 4 is 5.91 Å². The van der Waals surface area contributed by atoms with Gasteiger partial charge in [0.2, 0.25) is 17.7 Å². The number of benzene rings is 2. The number of amides is 1. The predicted molar refractivity (Wildman–Crippen MR) is 78.7 cm³/mol. The van der Waals surface area contributed by atoms with E-state index in [0.717, 1.165) is 12.1 Å². The normalized spacial score (nSPS) is 11.5. The Labute approximate surface area is 133 Å². The number of alkyl halides is 3. The fourth-order valence-electron chi connectivity index (χ4n) is 2.14. The lowest BCUT2D eigenvalue weighted by atomic mass is 10.0. The molecule has 0 saturated heterocycles. The maximum Gasteiger partial charge on any atom is 0.416 e. The van der Waals surface area contributed by atoms with Crippen molar-refractivity contribution in [3.8, 4) is 22.9 Å². The molecule has 0 saturated carbocycles. The molecule has 0 radical (unpaired) electrons. The van der Waals surface area contributed by atoms with Crippen molar-refractivity contribution in [2.24, 2.45) is 5.73 Å². The number of carbonyl (C=O) groups is 1. The van der Waals surface area contributed by atoms with Gasteiger partial charge in [0.15, 0.2) is 0 Å². The summed E-state index contributed by atoms with van der Waals surface area (Å²) >= 11 is 0. The number of primary amides is 1. The quantitative estimate of drug-likeness (QED) is 0.795. The number of rotatable bonds is 3. The summed E-state index contributed by atoms with van der Waals surface area (Å²) in [7, 11) is 0. The van der Waals surface area contributed by atoms with Crippen LogP contribution in [0.5, 0.6) is 0 Å². The van der Waals surface area contributed by atoms with E-state index in [-0.39, 0.29) is 22.9 Å². The highest BCUT2D eigenvalue weighted by molar-refractivity contribution is 5.99. The van der Waals surface area contributed by atoms with Gasteiger partial charge in [0.25, 0.3) is 0 Å². The van der Waals surface area contributed by atoms with Crippen molar-refractivity contribution in [1.82, 2.24) is 10.2 Å². The first-order valence-corrected chi connectivity index (χ1v) is 6.76. The zero-order valence-corrected chi connectivity index (χ0v) is 12.0. The molecule has 1 heterocycles. The Morgan fingerprint density at radius 3 is 2.29 bits per heavy atom. The van der Waals surface area contributed by atoms with E-state index in [1.54, 1.807) is 24.3 Å². The molecule has 5 nitrogen and oxygen atoms in total. The maximum absolute atomic E-state index is 12.8. The van der Waals surface area contributed by atoms with Crippen molar-refractivity contribution in [3.05, 3.63) is 59.7 Å². The number of nitrogens with two attached hydrogens (primary N) is 1. The molecule has 24 heavy (non-hydrogen) atoms. The first-order chi connectivity index (χ1) is 11.4. The Bertz CT molecular complexity index is 889. The minimum atomic E-state index is -4.59. The molecule has 0 aliphatic carbocycles. The van der Waals surface area contributed by atoms with Crippen molar-refractivity contribution in [1.29, 1.82) is 0 Å². The zero-order valence-electron chi connectivity index (χ0n) is 12.0. The van der Waals surface area contributed by atoms with Gasteiger partial charge in [0.05, 0.1) is 16.7 Å². The third-order valence-electron chi connectivity index (χ3n) is 3.29. The van der Waals surface area contributed by atoms with Crippen LogP contribution < -0.4 is 5.73 Å². The van der Waals surface area contributed by atoms with E-state index in [1.165, 1.54) is 0 Å². The summed E-state index contributed by atoms with van der Waals surface area (Å²) in [5, 5.41) is 7.64. The van der Waals surface area contributed by atoms with Gasteiger partial charge < -0.3 is 10.2 Å². The first-order valence-electron chi connectivity index (χ1n) is 6.76. The highest BCUT2D eigenvalue weighted by Gasteiger charge is 2.32. The molecule has 1 aromatic heterocycles. The van der Waals surface area contributed by atoms with E-state index in [2.05, 4.69) is 10.2 Å². The number of nitrogens with zero attached hydrogens (tertiary/aromatic N) is 2. The monoisotopic (exact) mass is 333 g/mol. The van der Waals surface area contributed by atoms with Crippen molar-refractivity contribution in [3.63, 3.8) is 0 Å². The van der Waals surface area contributed by atoms with E-state index in [1.807, 2.05) is 6.07 Å². The van der Waals surface area contributed by atoms with Gasteiger partial charge in [0.1, 0.15) is 0 Å². The molecule has 122 valence electrons. The summed E-state index contributed by atoms with van der Waals surface area (Å²) in [6.45, 7) is 0. The molecule has 0 aliphatic rings. The number of hydrogen-bond acceptors (Lipinski definition) is 4. The summed E-state index contributed by atoms with van der Waals surface area (Å²) in [5.41, 5.74) is 4.55. The van der Waals surface area contributed by atoms with Crippen LogP contribution in [0.25, 0.3) is 22.9 Å². The van der Waals surface area contributed by atoms with Gasteiger partial charge in [-0.15, -0.1) is 10.2 Å². The molecule has 0 atom stereocenters. The van der Waals surface area contributed by atoms with Crippen molar-refractivity contribution < 1.29 is 22.4 Å². The third-order valence-corrected chi connectivity index (χ3v) is 3.29. The average molecular weight is 333 g/mol. The van der Waals surface area contributed by atoms with Crippen molar-refractivity contribution in [2.45, 2.75) is 6.18 Å². The number of carbonyl (C=O) groups excluding carboxylic acids is 1. The second-order valence-electron chi connectivity index (χ2n) is 4.90. The molecular formula is C16H10F3N3O2. The first kappa shape index (κ1) is 15.7. The molecule has 3 aromatic rings. The van der Waals surface area contributed by atoms with Gasteiger partial charge >= 0.3 is 6.18 Å².